The van der Waals surface area contributed by atoms with Crippen LogP contribution in [0.25, 0.3) is 0 Å². The van der Waals surface area contributed by atoms with Gasteiger partial charge in [0.25, 0.3) is 0 Å². The number of nitrogen functional groups attached to an aromatic ring is 2. The first-order valence-electron chi connectivity index (χ1n) is 6.32. The number of aromatic nitrogens is 2. The second-order valence-corrected chi connectivity index (χ2v) is 6.95. The molecule has 1 aromatic heterocycles. The zero-order valence-corrected chi connectivity index (χ0v) is 13.1. The van der Waals surface area contributed by atoms with Crippen LogP contribution in [-0.2, 0) is 10.4 Å². The summed E-state index contributed by atoms with van der Waals surface area (Å²) in [6, 6.07) is 1.46. The Morgan fingerprint density at radius 2 is 2.33 bits per heavy atom. The van der Waals surface area contributed by atoms with Gasteiger partial charge in [-0.3, -0.25) is 4.55 Å². The standard InChI is InChI=1S/C10H17N5O4S2/c1-2-7-6-14(3-4-20-7)9-5-8(11)15(10(12)13-9)19-21(16,17)18/h5,7H,2-4,6H2,1H3,(H4,11,12,13,16,17,18)/p+1. The van der Waals surface area contributed by atoms with Gasteiger partial charge in [-0.05, 0) is 11.2 Å². The number of hydrogen-bond donors (Lipinski definition) is 3. The van der Waals surface area contributed by atoms with Crippen LogP contribution in [0.15, 0.2) is 6.07 Å². The topological polar surface area (TPSA) is 136 Å². The van der Waals surface area contributed by atoms with Gasteiger partial charge in [-0.25, -0.2) is 4.28 Å². The second kappa shape index (κ2) is 6.12. The van der Waals surface area contributed by atoms with E-state index in [4.69, 9.17) is 16.0 Å². The minimum absolute atomic E-state index is 0.0681. The van der Waals surface area contributed by atoms with E-state index in [1.807, 2.05) is 16.7 Å². The quantitative estimate of drug-likeness (QED) is 0.472. The number of rotatable bonds is 4. The molecule has 1 fully saturated rings. The summed E-state index contributed by atoms with van der Waals surface area (Å²) in [6.07, 6.45) is 1.05. The maximum Gasteiger partial charge on any atom is 0.474 e. The maximum absolute atomic E-state index is 10.7. The molecule has 1 atom stereocenters. The van der Waals surface area contributed by atoms with Crippen molar-refractivity contribution in [3.8, 4) is 0 Å². The monoisotopic (exact) mass is 336 g/mol. The minimum atomic E-state index is -4.73. The molecule has 2 rings (SSSR count). The van der Waals surface area contributed by atoms with Crippen molar-refractivity contribution in [2.45, 2.75) is 18.6 Å². The van der Waals surface area contributed by atoms with Crippen molar-refractivity contribution in [1.29, 1.82) is 0 Å². The smallest absolute Gasteiger partial charge is 0.344 e. The van der Waals surface area contributed by atoms with Crippen LogP contribution in [0.2, 0.25) is 0 Å². The van der Waals surface area contributed by atoms with Crippen molar-refractivity contribution in [3.63, 3.8) is 0 Å². The molecule has 0 spiro atoms. The lowest BCUT2D eigenvalue weighted by Crippen LogP contribution is -2.51. The molecule has 0 radical (unpaired) electrons. The fourth-order valence-corrected chi connectivity index (χ4v) is 3.56. The van der Waals surface area contributed by atoms with E-state index in [-0.39, 0.29) is 11.8 Å². The summed E-state index contributed by atoms with van der Waals surface area (Å²) in [5, 5.41) is 0.504. The molecule has 0 saturated carbocycles. The lowest BCUT2D eigenvalue weighted by atomic mass is 10.3. The van der Waals surface area contributed by atoms with Gasteiger partial charge in [0.1, 0.15) is 0 Å². The van der Waals surface area contributed by atoms with Gasteiger partial charge < -0.3 is 16.4 Å². The third-order valence-corrected chi connectivity index (χ3v) is 4.75. The maximum atomic E-state index is 10.7. The molecular formula is C10H18N5O4S2+. The van der Waals surface area contributed by atoms with E-state index in [2.05, 4.69) is 16.2 Å². The lowest BCUT2D eigenvalue weighted by molar-refractivity contribution is -0.835. The Labute approximate surface area is 127 Å². The highest BCUT2D eigenvalue weighted by Gasteiger charge is 2.25. The highest BCUT2D eigenvalue weighted by Crippen LogP contribution is 2.25. The molecule has 0 amide bonds. The SMILES string of the molecule is CCC1CN(c2cc(N)[n+](OS(=O)(=O)O)c(N)n2)CCS1. The molecule has 1 aromatic rings. The third kappa shape index (κ3) is 4.02. The van der Waals surface area contributed by atoms with Gasteiger partial charge in [0.15, 0.2) is 5.82 Å². The number of nitrogens with two attached hydrogens (primary N) is 2. The van der Waals surface area contributed by atoms with Crippen LogP contribution < -0.4 is 25.4 Å². The van der Waals surface area contributed by atoms with Crippen LogP contribution in [0, 0.1) is 0 Å². The Morgan fingerprint density at radius 3 is 2.90 bits per heavy atom. The van der Waals surface area contributed by atoms with E-state index < -0.39 is 10.4 Å². The predicted molar refractivity (Wildman–Crippen MR) is 80.1 cm³/mol. The van der Waals surface area contributed by atoms with Gasteiger partial charge in [0.05, 0.1) is 6.07 Å². The normalized spacial score (nSPS) is 19.5. The predicted octanol–water partition coefficient (Wildman–Crippen LogP) is -0.903. The summed E-state index contributed by atoms with van der Waals surface area (Å²) < 4.78 is 35.0. The van der Waals surface area contributed by atoms with E-state index in [0.717, 1.165) is 25.3 Å². The van der Waals surface area contributed by atoms with E-state index in [1.165, 1.54) is 6.07 Å². The first-order valence-corrected chi connectivity index (χ1v) is 8.73. The Kier molecular flexibility index (Phi) is 4.64. The first kappa shape index (κ1) is 15.9. The summed E-state index contributed by atoms with van der Waals surface area (Å²) in [4.78, 5) is 6.12. The molecule has 0 bridgehead atoms. The molecule has 0 aromatic carbocycles. The van der Waals surface area contributed by atoms with Crippen molar-refractivity contribution < 1.29 is 22.0 Å². The molecule has 1 aliphatic rings. The largest absolute Gasteiger partial charge is 0.474 e. The van der Waals surface area contributed by atoms with Crippen LogP contribution in [0.5, 0.6) is 0 Å². The van der Waals surface area contributed by atoms with Gasteiger partial charge in [0.2, 0.25) is 5.82 Å². The number of thioether (sulfide) groups is 1. The van der Waals surface area contributed by atoms with Gasteiger partial charge >= 0.3 is 16.3 Å². The van der Waals surface area contributed by atoms with E-state index in [1.54, 1.807) is 0 Å². The second-order valence-electron chi connectivity index (χ2n) is 4.54. The first-order chi connectivity index (χ1) is 9.80. The fourth-order valence-electron chi connectivity index (χ4n) is 2.03. The summed E-state index contributed by atoms with van der Waals surface area (Å²) in [5.41, 5.74) is 11.4. The van der Waals surface area contributed by atoms with Crippen LogP contribution in [-0.4, -0.2) is 42.0 Å². The van der Waals surface area contributed by atoms with Gasteiger partial charge in [-0.2, -0.15) is 20.2 Å². The summed E-state index contributed by atoms with van der Waals surface area (Å²) in [7, 11) is -4.73. The molecule has 11 heteroatoms. The van der Waals surface area contributed by atoms with E-state index in [9.17, 15) is 8.42 Å². The van der Waals surface area contributed by atoms with Crippen molar-refractivity contribution in [2.75, 3.05) is 35.2 Å². The van der Waals surface area contributed by atoms with Crippen molar-refractivity contribution in [1.82, 2.24) is 4.98 Å². The molecule has 5 N–H and O–H groups in total. The minimum Gasteiger partial charge on any atom is -0.344 e. The van der Waals surface area contributed by atoms with Crippen LogP contribution in [0.1, 0.15) is 13.3 Å². The van der Waals surface area contributed by atoms with Crippen LogP contribution >= 0.6 is 11.8 Å². The zero-order valence-electron chi connectivity index (χ0n) is 11.5. The number of anilines is 3. The van der Waals surface area contributed by atoms with Gasteiger partial charge in [0, 0.05) is 24.1 Å². The van der Waals surface area contributed by atoms with Crippen molar-refractivity contribution in [3.05, 3.63) is 6.07 Å². The number of nitrogens with zero attached hydrogens (tertiary/aromatic N) is 3. The molecule has 0 aliphatic carbocycles. The average Bonchev–Trinajstić information content (AvgIpc) is 2.41. The van der Waals surface area contributed by atoms with E-state index >= 15 is 0 Å². The van der Waals surface area contributed by atoms with Crippen molar-refractivity contribution >= 4 is 39.7 Å². The highest BCUT2D eigenvalue weighted by atomic mass is 32.3. The van der Waals surface area contributed by atoms with Crippen molar-refractivity contribution in [2.24, 2.45) is 0 Å². The molecule has 9 nitrogen and oxygen atoms in total. The Balaban J connectivity index is 2.27. The lowest BCUT2D eigenvalue weighted by Gasteiger charge is -2.31. The van der Waals surface area contributed by atoms with Gasteiger partial charge in [-0.15, -0.1) is 0 Å². The molecule has 1 unspecified atom stereocenters. The summed E-state index contributed by atoms with van der Waals surface area (Å²) in [5.74, 6) is 1.20. The Hall–Kier alpha value is -1.46. The molecule has 2 heterocycles. The molecule has 118 valence electrons. The number of hydrogen-bond acceptors (Lipinski definition) is 8. The molecule has 21 heavy (non-hydrogen) atoms. The van der Waals surface area contributed by atoms with Crippen LogP contribution in [0.3, 0.4) is 0 Å². The van der Waals surface area contributed by atoms with Crippen LogP contribution in [0.4, 0.5) is 17.6 Å². The highest BCUT2D eigenvalue weighted by molar-refractivity contribution is 8.00. The summed E-state index contributed by atoms with van der Waals surface area (Å²) >= 11 is 1.91. The third-order valence-electron chi connectivity index (χ3n) is 3.04. The summed E-state index contributed by atoms with van der Waals surface area (Å²) in [6.45, 7) is 3.74. The Bertz CT molecular complexity index is 601. The Morgan fingerprint density at radius 1 is 1.62 bits per heavy atom. The van der Waals surface area contributed by atoms with Gasteiger partial charge in [-0.1, -0.05) is 11.9 Å². The molecular weight excluding hydrogens is 318 g/mol. The zero-order chi connectivity index (χ0) is 15.6. The van der Waals surface area contributed by atoms with E-state index in [0.29, 0.717) is 15.8 Å². The molecule has 1 aliphatic heterocycles. The average molecular weight is 336 g/mol. The fraction of sp³-hybridized carbons (Fsp3) is 0.600. The molecule has 1 saturated heterocycles.